The number of aryl methyl sites for hydroxylation is 1. The van der Waals surface area contributed by atoms with Crippen molar-refractivity contribution in [2.24, 2.45) is 0 Å². The van der Waals surface area contributed by atoms with Gasteiger partial charge in [-0.25, -0.2) is 4.79 Å². The number of fused-ring (bicyclic) bond motifs is 1. The van der Waals surface area contributed by atoms with Crippen LogP contribution in [0, 0.1) is 18.3 Å². The lowest BCUT2D eigenvalue weighted by Gasteiger charge is -2.20. The molecular formula is C18H14N2O3. The lowest BCUT2D eigenvalue weighted by molar-refractivity contribution is 0.0694. The maximum absolute atomic E-state index is 12.6. The molecule has 0 aliphatic carbocycles. The van der Waals surface area contributed by atoms with E-state index in [0.29, 0.717) is 5.56 Å². The Balaban J connectivity index is 1.92. The molecule has 1 aliphatic rings. The Morgan fingerprint density at radius 3 is 2.57 bits per heavy atom. The van der Waals surface area contributed by atoms with Crippen LogP contribution in [0.5, 0.6) is 0 Å². The molecule has 1 aliphatic heterocycles. The molecule has 23 heavy (non-hydrogen) atoms. The van der Waals surface area contributed by atoms with Crippen LogP contribution in [0.25, 0.3) is 0 Å². The predicted octanol–water partition coefficient (Wildman–Crippen LogP) is 2.91. The monoisotopic (exact) mass is 306 g/mol. The van der Waals surface area contributed by atoms with Crippen molar-refractivity contribution >= 4 is 11.9 Å². The summed E-state index contributed by atoms with van der Waals surface area (Å²) in [6.07, 6.45) is 0. The van der Waals surface area contributed by atoms with Crippen LogP contribution in [0.2, 0.25) is 0 Å². The van der Waals surface area contributed by atoms with Gasteiger partial charge in [-0.3, -0.25) is 4.79 Å². The van der Waals surface area contributed by atoms with Gasteiger partial charge in [-0.05, 0) is 30.2 Å². The van der Waals surface area contributed by atoms with Crippen molar-refractivity contribution in [3.63, 3.8) is 0 Å². The molecule has 0 saturated heterocycles. The second kappa shape index (κ2) is 5.58. The summed E-state index contributed by atoms with van der Waals surface area (Å²) in [7, 11) is 0. The molecule has 0 radical (unpaired) electrons. The zero-order chi connectivity index (χ0) is 16.6. The number of nitriles is 1. The van der Waals surface area contributed by atoms with Gasteiger partial charge >= 0.3 is 5.97 Å². The number of carbonyl (C=O) groups excluding carboxylic acids is 1. The predicted molar refractivity (Wildman–Crippen MR) is 82.8 cm³/mol. The first-order chi connectivity index (χ1) is 11.0. The van der Waals surface area contributed by atoms with Gasteiger partial charge in [0.1, 0.15) is 6.04 Å². The van der Waals surface area contributed by atoms with Crippen molar-refractivity contribution in [1.82, 2.24) is 4.90 Å². The number of hydrogen-bond donors (Lipinski definition) is 1. The largest absolute Gasteiger partial charge is 0.478 e. The zero-order valence-electron chi connectivity index (χ0n) is 12.5. The van der Waals surface area contributed by atoms with E-state index in [4.69, 9.17) is 5.11 Å². The van der Waals surface area contributed by atoms with E-state index >= 15 is 0 Å². The van der Waals surface area contributed by atoms with E-state index in [9.17, 15) is 14.9 Å². The fourth-order valence-electron chi connectivity index (χ4n) is 2.89. The molecule has 0 aromatic heterocycles. The second-order valence-corrected chi connectivity index (χ2v) is 5.51. The number of hydrogen-bond acceptors (Lipinski definition) is 3. The van der Waals surface area contributed by atoms with Crippen molar-refractivity contribution in [2.75, 3.05) is 0 Å². The summed E-state index contributed by atoms with van der Waals surface area (Å²) in [5.74, 6) is -1.15. The van der Waals surface area contributed by atoms with Crippen LogP contribution in [0.15, 0.2) is 42.5 Å². The van der Waals surface area contributed by atoms with E-state index in [1.807, 2.05) is 25.1 Å². The molecule has 5 nitrogen and oxygen atoms in total. The topological polar surface area (TPSA) is 81.4 Å². The van der Waals surface area contributed by atoms with Gasteiger partial charge in [-0.15, -0.1) is 0 Å². The van der Waals surface area contributed by atoms with Crippen LogP contribution >= 0.6 is 0 Å². The van der Waals surface area contributed by atoms with Gasteiger partial charge in [0.05, 0.1) is 11.6 Å². The maximum Gasteiger partial charge on any atom is 0.335 e. The third kappa shape index (κ3) is 2.44. The minimum atomic E-state index is -0.994. The Bertz CT molecular complexity index is 834. The second-order valence-electron chi connectivity index (χ2n) is 5.51. The molecule has 1 N–H and O–H groups in total. The maximum atomic E-state index is 12.6. The van der Waals surface area contributed by atoms with Crippen LogP contribution < -0.4 is 0 Å². The normalized spacial score (nSPS) is 16.1. The van der Waals surface area contributed by atoms with E-state index in [1.54, 1.807) is 12.1 Å². The van der Waals surface area contributed by atoms with Gasteiger partial charge in [0.15, 0.2) is 0 Å². The summed E-state index contributed by atoms with van der Waals surface area (Å²) in [5.41, 5.74) is 3.17. The first kappa shape index (κ1) is 14.8. The first-order valence-electron chi connectivity index (χ1n) is 7.15. The molecule has 0 fully saturated rings. The van der Waals surface area contributed by atoms with Crippen molar-refractivity contribution in [1.29, 1.82) is 5.26 Å². The van der Waals surface area contributed by atoms with E-state index in [0.717, 1.165) is 16.7 Å². The number of nitrogens with zero attached hydrogens (tertiary/aromatic N) is 2. The highest BCUT2D eigenvalue weighted by Gasteiger charge is 2.37. The molecular weight excluding hydrogens is 292 g/mol. The number of amides is 1. The van der Waals surface area contributed by atoms with E-state index in [2.05, 4.69) is 6.07 Å². The number of rotatable bonds is 3. The molecule has 5 heteroatoms. The SMILES string of the molecule is Cc1cccc2c1C(=O)N(Cc1ccc(C(=O)O)cc1)C2C#N. The lowest BCUT2D eigenvalue weighted by atomic mass is 10.0. The summed E-state index contributed by atoms with van der Waals surface area (Å²) in [6, 6.07) is 13.4. The Hall–Kier alpha value is -3.13. The third-order valence-corrected chi connectivity index (χ3v) is 4.06. The molecule has 3 rings (SSSR count). The van der Waals surface area contributed by atoms with Crippen molar-refractivity contribution in [2.45, 2.75) is 19.5 Å². The number of carboxylic acids is 1. The van der Waals surface area contributed by atoms with Crippen LogP contribution in [-0.4, -0.2) is 21.9 Å². The Morgan fingerprint density at radius 2 is 1.96 bits per heavy atom. The third-order valence-electron chi connectivity index (χ3n) is 4.06. The van der Waals surface area contributed by atoms with E-state index < -0.39 is 12.0 Å². The summed E-state index contributed by atoms with van der Waals surface area (Å²) in [4.78, 5) is 25.1. The smallest absolute Gasteiger partial charge is 0.335 e. The van der Waals surface area contributed by atoms with Gasteiger partial charge in [-0.1, -0.05) is 30.3 Å². The van der Waals surface area contributed by atoms with Gasteiger partial charge in [0.2, 0.25) is 0 Å². The molecule has 1 amide bonds. The average Bonchev–Trinajstić information content (AvgIpc) is 2.81. The van der Waals surface area contributed by atoms with Crippen LogP contribution in [0.4, 0.5) is 0 Å². The van der Waals surface area contributed by atoms with Crippen LogP contribution in [0.3, 0.4) is 0 Å². The van der Waals surface area contributed by atoms with Gasteiger partial charge in [0.25, 0.3) is 5.91 Å². The van der Waals surface area contributed by atoms with Gasteiger partial charge in [-0.2, -0.15) is 5.26 Å². The lowest BCUT2D eigenvalue weighted by Crippen LogP contribution is -2.27. The zero-order valence-corrected chi connectivity index (χ0v) is 12.5. The first-order valence-corrected chi connectivity index (χ1v) is 7.15. The van der Waals surface area contributed by atoms with E-state index in [-0.39, 0.29) is 18.0 Å². The highest BCUT2D eigenvalue weighted by molar-refractivity contribution is 6.01. The molecule has 114 valence electrons. The quantitative estimate of drug-likeness (QED) is 0.945. The molecule has 0 spiro atoms. The molecule has 1 unspecified atom stereocenters. The number of carbonyl (C=O) groups is 2. The molecule has 1 atom stereocenters. The van der Waals surface area contributed by atoms with Gasteiger partial charge < -0.3 is 10.0 Å². The van der Waals surface area contributed by atoms with E-state index in [1.165, 1.54) is 17.0 Å². The minimum Gasteiger partial charge on any atom is -0.478 e. The van der Waals surface area contributed by atoms with Crippen molar-refractivity contribution in [3.8, 4) is 6.07 Å². The molecule has 2 aromatic rings. The number of benzene rings is 2. The molecule has 0 saturated carbocycles. The highest BCUT2D eigenvalue weighted by Crippen LogP contribution is 2.35. The standard InChI is InChI=1S/C18H14N2O3/c1-11-3-2-4-14-15(9-19)20(17(21)16(11)14)10-12-5-7-13(8-6-12)18(22)23/h2-8,15H,10H2,1H3,(H,22,23). The fourth-order valence-corrected chi connectivity index (χ4v) is 2.89. The summed E-state index contributed by atoms with van der Waals surface area (Å²) < 4.78 is 0. The van der Waals surface area contributed by atoms with Crippen molar-refractivity contribution in [3.05, 3.63) is 70.3 Å². The Morgan fingerprint density at radius 1 is 1.26 bits per heavy atom. The average molecular weight is 306 g/mol. The number of aromatic carboxylic acids is 1. The van der Waals surface area contributed by atoms with Gasteiger partial charge in [0, 0.05) is 17.7 Å². The Kier molecular flexibility index (Phi) is 3.59. The Labute approximate surface area is 133 Å². The molecule has 2 aromatic carbocycles. The molecule has 0 bridgehead atoms. The molecule has 1 heterocycles. The summed E-state index contributed by atoms with van der Waals surface area (Å²) >= 11 is 0. The fraction of sp³-hybridized carbons (Fsp3) is 0.167. The summed E-state index contributed by atoms with van der Waals surface area (Å²) in [6.45, 7) is 2.13. The minimum absolute atomic E-state index is 0.160. The number of carboxylic acid groups (broad SMARTS) is 1. The summed E-state index contributed by atoms with van der Waals surface area (Å²) in [5, 5.41) is 18.4. The highest BCUT2D eigenvalue weighted by atomic mass is 16.4. The van der Waals surface area contributed by atoms with Crippen molar-refractivity contribution < 1.29 is 14.7 Å². The van der Waals surface area contributed by atoms with Crippen LogP contribution in [-0.2, 0) is 6.54 Å². The van der Waals surface area contributed by atoms with Crippen LogP contribution in [0.1, 0.15) is 43.4 Å².